The molecule has 0 bridgehead atoms. The van der Waals surface area contributed by atoms with Gasteiger partial charge >= 0.3 is 0 Å². The normalized spacial score (nSPS) is 13.0. The van der Waals surface area contributed by atoms with Crippen LogP contribution in [0, 0.1) is 6.92 Å². The number of anilines is 5. The molecule has 4 aromatic heterocycles. The van der Waals surface area contributed by atoms with Crippen molar-refractivity contribution in [2.45, 2.75) is 13.3 Å². The van der Waals surface area contributed by atoms with Gasteiger partial charge in [0.15, 0.2) is 0 Å². The van der Waals surface area contributed by atoms with Crippen LogP contribution in [0.3, 0.4) is 0 Å². The second kappa shape index (κ2) is 9.15. The Kier molecular flexibility index (Phi) is 5.36. The Balaban J connectivity index is 1.12. The van der Waals surface area contributed by atoms with Gasteiger partial charge in [-0.3, -0.25) is 9.97 Å². The van der Waals surface area contributed by atoms with Crippen LogP contribution in [-0.4, -0.2) is 38.0 Å². The molecule has 5 heterocycles. The summed E-state index contributed by atoms with van der Waals surface area (Å²) in [6.07, 6.45) is 6.72. The Hall–Kier alpha value is -4.98. The van der Waals surface area contributed by atoms with Gasteiger partial charge in [-0.1, -0.05) is 0 Å². The molecule has 0 saturated carbocycles. The molecule has 0 spiro atoms. The van der Waals surface area contributed by atoms with Gasteiger partial charge in [0, 0.05) is 65.4 Å². The maximum Gasteiger partial charge on any atom is 0.140 e. The molecule has 2 aromatic carbocycles. The fraction of sp³-hybridized carbons (Fsp3) is 0.133. The molecule has 8 heteroatoms. The molecule has 1 fully saturated rings. The number of H-pyrrole nitrogens is 1. The SMILES string of the molecule is Cc1cc(Nc2ccc3nc(-c4ccc(Nc5ccnc6ccc(N7CCC7)cc56)nc4)[nH]c3c2)ccn1. The van der Waals surface area contributed by atoms with Gasteiger partial charge in [-0.25, -0.2) is 9.97 Å². The van der Waals surface area contributed by atoms with E-state index < -0.39 is 0 Å². The highest BCUT2D eigenvalue weighted by Gasteiger charge is 2.15. The minimum atomic E-state index is 0.769. The molecular formula is C30H26N8. The number of nitrogens with zero attached hydrogens (tertiary/aromatic N) is 5. The molecule has 1 aliphatic heterocycles. The van der Waals surface area contributed by atoms with Crippen LogP contribution in [0.1, 0.15) is 12.1 Å². The molecule has 186 valence electrons. The van der Waals surface area contributed by atoms with Crippen molar-refractivity contribution >= 4 is 50.5 Å². The van der Waals surface area contributed by atoms with Crippen molar-refractivity contribution in [2.24, 2.45) is 0 Å². The predicted molar refractivity (Wildman–Crippen MR) is 153 cm³/mol. The molecule has 8 nitrogen and oxygen atoms in total. The van der Waals surface area contributed by atoms with Crippen LogP contribution in [0.15, 0.2) is 85.3 Å². The summed E-state index contributed by atoms with van der Waals surface area (Å²) in [5, 5.41) is 7.99. The highest BCUT2D eigenvalue weighted by molar-refractivity contribution is 5.95. The maximum absolute atomic E-state index is 4.77. The summed E-state index contributed by atoms with van der Waals surface area (Å²) in [6, 6.07) is 22.5. The molecule has 6 aromatic rings. The molecule has 0 unspecified atom stereocenters. The van der Waals surface area contributed by atoms with Crippen LogP contribution < -0.4 is 15.5 Å². The highest BCUT2D eigenvalue weighted by atomic mass is 15.2. The van der Waals surface area contributed by atoms with Crippen LogP contribution >= 0.6 is 0 Å². The molecule has 0 amide bonds. The lowest BCUT2D eigenvalue weighted by Gasteiger charge is -2.33. The van der Waals surface area contributed by atoms with Gasteiger partial charge in [-0.2, -0.15) is 0 Å². The van der Waals surface area contributed by atoms with E-state index in [9.17, 15) is 0 Å². The minimum Gasteiger partial charge on any atom is -0.371 e. The first-order valence-electron chi connectivity index (χ1n) is 12.7. The third-order valence-corrected chi connectivity index (χ3v) is 6.91. The summed E-state index contributed by atoms with van der Waals surface area (Å²) < 4.78 is 0. The van der Waals surface area contributed by atoms with Gasteiger partial charge in [0.2, 0.25) is 0 Å². The van der Waals surface area contributed by atoms with Gasteiger partial charge in [0.05, 0.1) is 22.2 Å². The minimum absolute atomic E-state index is 0.769. The standard InChI is InChI=1S/C30H26N8/c1-19-15-22(9-11-31-19)34-21-4-6-27-28(16-21)37-30(36-27)20-3-8-29(33-18-20)35-26-10-12-32-25-7-5-23(17-24(25)26)38-13-2-14-38/h3-12,15-18H,2,13-14H2,1H3,(H,31,34)(H,36,37)(H,32,33,35). The first kappa shape index (κ1) is 22.2. The Morgan fingerprint density at radius 3 is 2.47 bits per heavy atom. The smallest absolute Gasteiger partial charge is 0.140 e. The van der Waals surface area contributed by atoms with Gasteiger partial charge in [-0.15, -0.1) is 0 Å². The number of hydrogen-bond donors (Lipinski definition) is 3. The van der Waals surface area contributed by atoms with Crippen molar-refractivity contribution < 1.29 is 0 Å². The molecule has 0 aliphatic carbocycles. The van der Waals surface area contributed by atoms with Crippen molar-refractivity contribution in [3.05, 3.63) is 91.0 Å². The zero-order chi connectivity index (χ0) is 25.5. The third kappa shape index (κ3) is 4.26. The molecule has 0 atom stereocenters. The number of aromatic nitrogens is 5. The van der Waals surface area contributed by atoms with E-state index in [-0.39, 0.29) is 0 Å². The first-order valence-corrected chi connectivity index (χ1v) is 12.7. The zero-order valence-electron chi connectivity index (χ0n) is 20.9. The largest absolute Gasteiger partial charge is 0.371 e. The summed E-state index contributed by atoms with van der Waals surface area (Å²) in [7, 11) is 0. The quantitative estimate of drug-likeness (QED) is 0.239. The van der Waals surface area contributed by atoms with Crippen LogP contribution in [0.25, 0.3) is 33.3 Å². The average molecular weight is 499 g/mol. The second-order valence-electron chi connectivity index (χ2n) is 9.59. The van der Waals surface area contributed by atoms with Crippen LogP contribution in [0.2, 0.25) is 0 Å². The average Bonchev–Trinajstić information content (AvgIpc) is 3.32. The number of nitrogens with one attached hydrogen (secondary N) is 3. The van der Waals surface area contributed by atoms with Crippen molar-refractivity contribution in [3.63, 3.8) is 0 Å². The lowest BCUT2D eigenvalue weighted by atomic mass is 10.1. The topological polar surface area (TPSA) is 94.6 Å². The van der Waals surface area contributed by atoms with Crippen molar-refractivity contribution in [1.29, 1.82) is 0 Å². The lowest BCUT2D eigenvalue weighted by molar-refractivity contribution is 0.618. The number of benzene rings is 2. The highest BCUT2D eigenvalue weighted by Crippen LogP contribution is 2.31. The lowest BCUT2D eigenvalue weighted by Crippen LogP contribution is -2.36. The molecule has 1 aliphatic rings. The fourth-order valence-corrected chi connectivity index (χ4v) is 4.77. The number of aryl methyl sites for hydroxylation is 1. The number of pyridine rings is 3. The number of imidazole rings is 1. The number of fused-ring (bicyclic) bond motifs is 2. The third-order valence-electron chi connectivity index (χ3n) is 6.91. The van der Waals surface area contributed by atoms with Gasteiger partial charge < -0.3 is 20.5 Å². The Labute approximate surface area is 219 Å². The zero-order valence-corrected chi connectivity index (χ0v) is 20.9. The number of rotatable bonds is 6. The molecule has 38 heavy (non-hydrogen) atoms. The first-order chi connectivity index (χ1) is 18.7. The summed E-state index contributed by atoms with van der Waals surface area (Å²) in [4.78, 5) is 24.1. The summed E-state index contributed by atoms with van der Waals surface area (Å²) in [6.45, 7) is 4.21. The van der Waals surface area contributed by atoms with Crippen molar-refractivity contribution in [2.75, 3.05) is 28.6 Å². The van der Waals surface area contributed by atoms with E-state index >= 15 is 0 Å². The molecule has 0 radical (unpaired) electrons. The fourth-order valence-electron chi connectivity index (χ4n) is 4.77. The Bertz CT molecular complexity index is 1770. The number of hydrogen-bond acceptors (Lipinski definition) is 7. The van der Waals surface area contributed by atoms with E-state index in [1.165, 1.54) is 12.1 Å². The Morgan fingerprint density at radius 2 is 1.66 bits per heavy atom. The van der Waals surface area contributed by atoms with Gasteiger partial charge in [-0.05, 0) is 80.1 Å². The van der Waals surface area contributed by atoms with Crippen LogP contribution in [0.4, 0.5) is 28.6 Å². The molecular weight excluding hydrogens is 472 g/mol. The Morgan fingerprint density at radius 1 is 0.789 bits per heavy atom. The molecule has 1 saturated heterocycles. The van der Waals surface area contributed by atoms with Crippen LogP contribution in [-0.2, 0) is 0 Å². The van der Waals surface area contributed by atoms with E-state index in [1.54, 1.807) is 6.20 Å². The maximum atomic E-state index is 4.77. The van der Waals surface area contributed by atoms with Gasteiger partial charge in [0.1, 0.15) is 11.6 Å². The summed E-state index contributed by atoms with van der Waals surface area (Å²) in [5.74, 6) is 1.55. The van der Waals surface area contributed by atoms with Crippen LogP contribution in [0.5, 0.6) is 0 Å². The van der Waals surface area contributed by atoms with E-state index in [0.717, 1.165) is 75.0 Å². The predicted octanol–water partition coefficient (Wildman–Crippen LogP) is 6.57. The van der Waals surface area contributed by atoms with Gasteiger partial charge in [0.25, 0.3) is 0 Å². The van der Waals surface area contributed by atoms with Crippen molar-refractivity contribution in [1.82, 2.24) is 24.9 Å². The molecule has 3 N–H and O–H groups in total. The monoisotopic (exact) mass is 498 g/mol. The van der Waals surface area contributed by atoms with Crippen molar-refractivity contribution in [3.8, 4) is 11.4 Å². The number of aromatic amines is 1. The summed E-state index contributed by atoms with van der Waals surface area (Å²) >= 11 is 0. The van der Waals surface area contributed by atoms with E-state index in [4.69, 9.17) is 4.98 Å². The van der Waals surface area contributed by atoms with E-state index in [1.807, 2.05) is 61.8 Å². The second-order valence-corrected chi connectivity index (χ2v) is 9.59. The van der Waals surface area contributed by atoms with E-state index in [0.29, 0.717) is 0 Å². The van der Waals surface area contributed by atoms with E-state index in [2.05, 4.69) is 59.7 Å². The summed E-state index contributed by atoms with van der Waals surface area (Å²) in [5.41, 5.74) is 8.93. The molecule has 7 rings (SSSR count).